The SMILES string of the molecule is CNC(c1nc(C)cs1)c1ccc(Br)cc1Cl. The molecule has 0 aliphatic heterocycles. The van der Waals surface area contributed by atoms with E-state index in [2.05, 4.69) is 26.2 Å². The van der Waals surface area contributed by atoms with E-state index < -0.39 is 0 Å². The number of nitrogens with zero attached hydrogens (tertiary/aromatic N) is 1. The number of aromatic nitrogens is 1. The first-order valence-electron chi connectivity index (χ1n) is 5.16. The first-order valence-corrected chi connectivity index (χ1v) is 7.21. The van der Waals surface area contributed by atoms with E-state index in [0.29, 0.717) is 0 Å². The molecule has 1 unspecified atom stereocenters. The van der Waals surface area contributed by atoms with Crippen molar-refractivity contribution in [3.05, 3.63) is 49.3 Å². The molecule has 2 aromatic rings. The van der Waals surface area contributed by atoms with Gasteiger partial charge in [0.2, 0.25) is 0 Å². The quantitative estimate of drug-likeness (QED) is 0.913. The van der Waals surface area contributed by atoms with Crippen molar-refractivity contribution in [1.29, 1.82) is 0 Å². The Bertz CT molecular complexity index is 527. The van der Waals surface area contributed by atoms with Crippen LogP contribution >= 0.6 is 38.9 Å². The molecule has 0 bridgehead atoms. The van der Waals surface area contributed by atoms with Crippen molar-refractivity contribution < 1.29 is 0 Å². The van der Waals surface area contributed by atoms with E-state index in [0.717, 1.165) is 25.8 Å². The van der Waals surface area contributed by atoms with Crippen molar-refractivity contribution in [3.63, 3.8) is 0 Å². The smallest absolute Gasteiger partial charge is 0.114 e. The third-order valence-electron chi connectivity index (χ3n) is 2.45. The molecule has 0 saturated heterocycles. The fourth-order valence-electron chi connectivity index (χ4n) is 1.65. The lowest BCUT2D eigenvalue weighted by Gasteiger charge is -2.15. The van der Waals surface area contributed by atoms with Crippen molar-refractivity contribution in [2.45, 2.75) is 13.0 Å². The Morgan fingerprint density at radius 2 is 2.24 bits per heavy atom. The van der Waals surface area contributed by atoms with Crippen LogP contribution in [0.4, 0.5) is 0 Å². The van der Waals surface area contributed by atoms with E-state index >= 15 is 0 Å². The fraction of sp³-hybridized carbons (Fsp3) is 0.250. The molecular formula is C12H12BrClN2S. The van der Waals surface area contributed by atoms with Gasteiger partial charge in [0, 0.05) is 20.6 Å². The van der Waals surface area contributed by atoms with Crippen molar-refractivity contribution >= 4 is 38.9 Å². The summed E-state index contributed by atoms with van der Waals surface area (Å²) in [7, 11) is 1.92. The molecule has 0 saturated carbocycles. The van der Waals surface area contributed by atoms with Crippen LogP contribution in [0.25, 0.3) is 0 Å². The monoisotopic (exact) mass is 330 g/mol. The van der Waals surface area contributed by atoms with E-state index in [1.165, 1.54) is 0 Å². The van der Waals surface area contributed by atoms with Gasteiger partial charge in [-0.3, -0.25) is 0 Å². The van der Waals surface area contributed by atoms with Gasteiger partial charge in [-0.1, -0.05) is 33.6 Å². The number of halogens is 2. The summed E-state index contributed by atoms with van der Waals surface area (Å²) in [5.41, 5.74) is 2.09. The zero-order valence-corrected chi connectivity index (χ0v) is 12.7. The third-order valence-corrected chi connectivity index (χ3v) is 4.29. The van der Waals surface area contributed by atoms with Crippen LogP contribution in [0.1, 0.15) is 22.3 Å². The molecule has 17 heavy (non-hydrogen) atoms. The minimum Gasteiger partial charge on any atom is -0.307 e. The van der Waals surface area contributed by atoms with Crippen LogP contribution in [0, 0.1) is 6.92 Å². The first-order chi connectivity index (χ1) is 8.11. The summed E-state index contributed by atoms with van der Waals surface area (Å²) in [6, 6.07) is 5.96. The molecule has 1 aromatic heterocycles. The highest BCUT2D eigenvalue weighted by Gasteiger charge is 2.18. The van der Waals surface area contributed by atoms with Gasteiger partial charge in [-0.15, -0.1) is 11.3 Å². The van der Waals surface area contributed by atoms with Crippen molar-refractivity contribution in [1.82, 2.24) is 10.3 Å². The van der Waals surface area contributed by atoms with Crippen LogP contribution in [-0.2, 0) is 0 Å². The molecule has 0 aliphatic rings. The van der Waals surface area contributed by atoms with Gasteiger partial charge in [-0.25, -0.2) is 4.98 Å². The Hall–Kier alpha value is -0.420. The van der Waals surface area contributed by atoms with Gasteiger partial charge in [-0.2, -0.15) is 0 Å². The lowest BCUT2D eigenvalue weighted by atomic mass is 10.1. The predicted molar refractivity (Wildman–Crippen MR) is 76.9 cm³/mol. The normalized spacial score (nSPS) is 12.7. The highest BCUT2D eigenvalue weighted by atomic mass is 79.9. The minimum atomic E-state index is 0.0503. The zero-order chi connectivity index (χ0) is 12.4. The molecule has 0 amide bonds. The number of rotatable bonds is 3. The Balaban J connectivity index is 2.42. The summed E-state index contributed by atoms with van der Waals surface area (Å²) in [5.74, 6) is 0. The van der Waals surface area contributed by atoms with Gasteiger partial charge in [0.05, 0.1) is 6.04 Å². The zero-order valence-electron chi connectivity index (χ0n) is 9.50. The summed E-state index contributed by atoms with van der Waals surface area (Å²) in [6.07, 6.45) is 0. The summed E-state index contributed by atoms with van der Waals surface area (Å²) >= 11 is 11.3. The molecular weight excluding hydrogens is 320 g/mol. The summed E-state index contributed by atoms with van der Waals surface area (Å²) in [6.45, 7) is 2.00. The van der Waals surface area contributed by atoms with E-state index in [9.17, 15) is 0 Å². The standard InChI is InChI=1S/C12H12BrClN2S/c1-7-6-17-12(16-7)11(15-2)9-4-3-8(13)5-10(9)14/h3-6,11,15H,1-2H3. The van der Waals surface area contributed by atoms with E-state index in [4.69, 9.17) is 11.6 Å². The van der Waals surface area contributed by atoms with E-state index in [-0.39, 0.29) is 6.04 Å². The summed E-state index contributed by atoms with van der Waals surface area (Å²) in [4.78, 5) is 4.51. The van der Waals surface area contributed by atoms with Crippen LogP contribution < -0.4 is 5.32 Å². The van der Waals surface area contributed by atoms with Crippen LogP contribution in [0.3, 0.4) is 0 Å². The molecule has 0 spiro atoms. The Morgan fingerprint density at radius 3 is 2.76 bits per heavy atom. The Labute approximate surface area is 118 Å². The molecule has 1 aromatic carbocycles. The topological polar surface area (TPSA) is 24.9 Å². The molecule has 2 rings (SSSR count). The van der Waals surface area contributed by atoms with Gasteiger partial charge in [0.1, 0.15) is 5.01 Å². The summed E-state index contributed by atoms with van der Waals surface area (Å²) in [5, 5.41) is 7.08. The van der Waals surface area contributed by atoms with Crippen LogP contribution in [-0.4, -0.2) is 12.0 Å². The van der Waals surface area contributed by atoms with Crippen LogP contribution in [0.2, 0.25) is 5.02 Å². The molecule has 1 heterocycles. The molecule has 2 nitrogen and oxygen atoms in total. The molecule has 0 fully saturated rings. The van der Waals surface area contributed by atoms with Gasteiger partial charge >= 0.3 is 0 Å². The molecule has 0 aliphatic carbocycles. The Morgan fingerprint density at radius 1 is 1.47 bits per heavy atom. The minimum absolute atomic E-state index is 0.0503. The third kappa shape index (κ3) is 2.88. The second-order valence-corrected chi connectivity index (χ2v) is 5.93. The number of benzene rings is 1. The highest BCUT2D eigenvalue weighted by Crippen LogP contribution is 2.31. The Kier molecular flexibility index (Phi) is 4.20. The second-order valence-electron chi connectivity index (χ2n) is 3.71. The van der Waals surface area contributed by atoms with Gasteiger partial charge in [0.25, 0.3) is 0 Å². The van der Waals surface area contributed by atoms with E-state index in [1.807, 2.05) is 37.6 Å². The second kappa shape index (κ2) is 5.48. The van der Waals surface area contributed by atoms with Crippen molar-refractivity contribution in [2.24, 2.45) is 0 Å². The van der Waals surface area contributed by atoms with Crippen LogP contribution in [0.5, 0.6) is 0 Å². The van der Waals surface area contributed by atoms with Gasteiger partial charge < -0.3 is 5.32 Å². The molecule has 90 valence electrons. The number of hydrogen-bond acceptors (Lipinski definition) is 3. The van der Waals surface area contributed by atoms with Crippen molar-refractivity contribution in [2.75, 3.05) is 7.05 Å². The molecule has 0 radical (unpaired) electrons. The maximum atomic E-state index is 6.27. The van der Waals surface area contributed by atoms with Gasteiger partial charge in [0.15, 0.2) is 0 Å². The van der Waals surface area contributed by atoms with Crippen molar-refractivity contribution in [3.8, 4) is 0 Å². The number of nitrogens with one attached hydrogen (secondary N) is 1. The largest absolute Gasteiger partial charge is 0.307 e. The highest BCUT2D eigenvalue weighted by molar-refractivity contribution is 9.10. The number of thiazole rings is 1. The van der Waals surface area contributed by atoms with Crippen LogP contribution in [0.15, 0.2) is 28.1 Å². The maximum absolute atomic E-state index is 6.27. The number of aryl methyl sites for hydroxylation is 1. The molecule has 5 heteroatoms. The maximum Gasteiger partial charge on any atom is 0.114 e. The summed E-state index contributed by atoms with van der Waals surface area (Å²) < 4.78 is 0.983. The predicted octanol–water partition coefficient (Wildman–Crippen LogP) is 4.18. The molecule has 1 N–H and O–H groups in total. The first kappa shape index (κ1) is 13.0. The number of hydrogen-bond donors (Lipinski definition) is 1. The van der Waals surface area contributed by atoms with E-state index in [1.54, 1.807) is 11.3 Å². The molecule has 1 atom stereocenters. The fourth-order valence-corrected chi connectivity index (χ4v) is 3.36. The lowest BCUT2D eigenvalue weighted by Crippen LogP contribution is -2.17. The average Bonchev–Trinajstić information content (AvgIpc) is 2.69. The average molecular weight is 332 g/mol. The van der Waals surface area contributed by atoms with Gasteiger partial charge in [-0.05, 0) is 31.7 Å². The lowest BCUT2D eigenvalue weighted by molar-refractivity contribution is 0.685.